The number of benzene rings is 2. The zero-order valence-electron chi connectivity index (χ0n) is 10.4. The molecule has 1 N–H and O–H groups in total. The van der Waals surface area contributed by atoms with Crippen LogP contribution in [0.15, 0.2) is 52.5 Å². The van der Waals surface area contributed by atoms with Gasteiger partial charge in [-0.15, -0.1) is 0 Å². The highest BCUT2D eigenvalue weighted by molar-refractivity contribution is 7.89. The summed E-state index contributed by atoms with van der Waals surface area (Å²) in [7, 11) is -3.75. The third-order valence-corrected chi connectivity index (χ3v) is 4.81. The molecule has 8 heteroatoms. The molecule has 0 aliphatic heterocycles. The summed E-state index contributed by atoms with van der Waals surface area (Å²) >= 11 is 17.5. The number of nitrogens with zero attached hydrogens (tertiary/aromatic N) is 1. The van der Waals surface area contributed by atoms with Crippen LogP contribution in [0.25, 0.3) is 0 Å². The van der Waals surface area contributed by atoms with Gasteiger partial charge in [-0.3, -0.25) is 0 Å². The van der Waals surface area contributed by atoms with Crippen LogP contribution in [0, 0.1) is 0 Å². The second-order valence-corrected chi connectivity index (χ2v) is 6.83. The van der Waals surface area contributed by atoms with Gasteiger partial charge in [0.2, 0.25) is 0 Å². The maximum absolute atomic E-state index is 12.0. The van der Waals surface area contributed by atoms with Crippen molar-refractivity contribution in [2.24, 2.45) is 5.10 Å². The highest BCUT2D eigenvalue weighted by atomic mass is 35.5. The Kier molecular flexibility index (Phi) is 5.11. The van der Waals surface area contributed by atoms with Crippen molar-refractivity contribution in [1.29, 1.82) is 0 Å². The molecule has 0 atom stereocenters. The molecule has 21 heavy (non-hydrogen) atoms. The third kappa shape index (κ3) is 4.11. The Morgan fingerprint density at radius 2 is 1.67 bits per heavy atom. The molecule has 0 fully saturated rings. The van der Waals surface area contributed by atoms with Crippen molar-refractivity contribution in [3.63, 3.8) is 0 Å². The number of rotatable bonds is 4. The van der Waals surface area contributed by atoms with Crippen molar-refractivity contribution >= 4 is 51.0 Å². The molecule has 0 saturated carbocycles. The summed E-state index contributed by atoms with van der Waals surface area (Å²) in [4.78, 5) is 2.14. The number of hydrogen-bond donors (Lipinski definition) is 1. The second kappa shape index (κ2) is 6.66. The van der Waals surface area contributed by atoms with E-state index in [0.717, 1.165) is 0 Å². The molecule has 0 heterocycles. The third-order valence-electron chi connectivity index (χ3n) is 2.48. The molecule has 0 aliphatic carbocycles. The van der Waals surface area contributed by atoms with E-state index in [0.29, 0.717) is 20.6 Å². The van der Waals surface area contributed by atoms with Gasteiger partial charge in [0, 0.05) is 10.6 Å². The molecule has 2 aromatic rings. The minimum atomic E-state index is -3.75. The molecule has 2 rings (SSSR count). The van der Waals surface area contributed by atoms with Gasteiger partial charge >= 0.3 is 0 Å². The molecular formula is C13H9Cl3N2O2S. The van der Waals surface area contributed by atoms with E-state index in [1.165, 1.54) is 30.5 Å². The fourth-order valence-corrected chi connectivity index (χ4v) is 2.73. The summed E-state index contributed by atoms with van der Waals surface area (Å²) in [6.45, 7) is 0. The van der Waals surface area contributed by atoms with Gasteiger partial charge in [-0.1, -0.05) is 46.9 Å². The molecule has 2 aromatic carbocycles. The van der Waals surface area contributed by atoms with Crippen LogP contribution in [0.5, 0.6) is 0 Å². The topological polar surface area (TPSA) is 58.5 Å². The Bertz CT molecular complexity index is 775. The van der Waals surface area contributed by atoms with Gasteiger partial charge in [-0.2, -0.15) is 13.5 Å². The lowest BCUT2D eigenvalue weighted by Gasteiger charge is -2.03. The summed E-state index contributed by atoms with van der Waals surface area (Å²) < 4.78 is 23.9. The van der Waals surface area contributed by atoms with E-state index in [-0.39, 0.29) is 4.90 Å². The summed E-state index contributed by atoms with van der Waals surface area (Å²) in [6.07, 6.45) is 1.28. The van der Waals surface area contributed by atoms with Gasteiger partial charge in [-0.25, -0.2) is 4.83 Å². The van der Waals surface area contributed by atoms with Gasteiger partial charge in [0.15, 0.2) is 0 Å². The maximum Gasteiger partial charge on any atom is 0.276 e. The van der Waals surface area contributed by atoms with E-state index >= 15 is 0 Å². The molecular weight excluding hydrogens is 355 g/mol. The second-order valence-electron chi connectivity index (χ2n) is 3.95. The summed E-state index contributed by atoms with van der Waals surface area (Å²) in [5.41, 5.74) is 0.503. The fourth-order valence-electron chi connectivity index (χ4n) is 1.45. The summed E-state index contributed by atoms with van der Waals surface area (Å²) in [5.74, 6) is 0. The monoisotopic (exact) mass is 362 g/mol. The molecule has 0 aromatic heterocycles. The molecule has 0 saturated heterocycles. The zero-order valence-corrected chi connectivity index (χ0v) is 13.5. The van der Waals surface area contributed by atoms with Crippen molar-refractivity contribution in [2.45, 2.75) is 4.90 Å². The Balaban J connectivity index is 2.16. The van der Waals surface area contributed by atoms with E-state index in [9.17, 15) is 8.42 Å². The first-order valence-corrected chi connectivity index (χ1v) is 8.26. The van der Waals surface area contributed by atoms with Crippen molar-refractivity contribution in [3.8, 4) is 0 Å². The van der Waals surface area contributed by atoms with E-state index in [2.05, 4.69) is 9.93 Å². The first kappa shape index (κ1) is 16.1. The molecule has 4 nitrogen and oxygen atoms in total. The van der Waals surface area contributed by atoms with Crippen LogP contribution in [-0.4, -0.2) is 14.6 Å². The van der Waals surface area contributed by atoms with Crippen LogP contribution in [0.1, 0.15) is 5.56 Å². The SMILES string of the molecule is O=S(=O)(N/N=C/c1cccc(Cl)c1Cl)c1ccc(Cl)cc1. The molecule has 0 aliphatic rings. The number of sulfonamides is 1. The number of nitrogens with one attached hydrogen (secondary N) is 1. The largest absolute Gasteiger partial charge is 0.276 e. The van der Waals surface area contributed by atoms with Gasteiger partial charge < -0.3 is 0 Å². The number of hydrazone groups is 1. The van der Waals surface area contributed by atoms with Crippen LogP contribution >= 0.6 is 34.8 Å². The van der Waals surface area contributed by atoms with E-state index < -0.39 is 10.0 Å². The highest BCUT2D eigenvalue weighted by Gasteiger charge is 2.12. The quantitative estimate of drug-likeness (QED) is 0.660. The Morgan fingerprint density at radius 3 is 2.33 bits per heavy atom. The first-order chi connectivity index (χ1) is 9.90. The lowest BCUT2D eigenvalue weighted by atomic mass is 10.2. The van der Waals surface area contributed by atoms with Crippen LogP contribution in [0.2, 0.25) is 15.1 Å². The van der Waals surface area contributed by atoms with E-state index in [1.54, 1.807) is 18.2 Å². The summed E-state index contributed by atoms with van der Waals surface area (Å²) in [5, 5.41) is 4.78. The molecule has 0 amide bonds. The lowest BCUT2D eigenvalue weighted by molar-refractivity contribution is 0.584. The zero-order chi connectivity index (χ0) is 15.5. The van der Waals surface area contributed by atoms with Crippen LogP contribution in [-0.2, 0) is 10.0 Å². The molecule has 0 bridgehead atoms. The standard InChI is InChI=1S/C13H9Cl3N2O2S/c14-10-4-6-11(7-5-10)21(19,20)18-17-8-9-2-1-3-12(15)13(9)16/h1-8,18H/b17-8+. The average Bonchev–Trinajstić information content (AvgIpc) is 2.44. The molecule has 110 valence electrons. The fraction of sp³-hybridized carbons (Fsp3) is 0. The molecule has 0 unspecified atom stereocenters. The lowest BCUT2D eigenvalue weighted by Crippen LogP contribution is -2.18. The van der Waals surface area contributed by atoms with Crippen molar-refractivity contribution in [2.75, 3.05) is 0 Å². The van der Waals surface area contributed by atoms with Crippen LogP contribution < -0.4 is 4.83 Å². The van der Waals surface area contributed by atoms with Gasteiger partial charge in [-0.05, 0) is 30.3 Å². The van der Waals surface area contributed by atoms with Gasteiger partial charge in [0.05, 0.1) is 21.2 Å². The van der Waals surface area contributed by atoms with E-state index in [4.69, 9.17) is 34.8 Å². The smallest absolute Gasteiger partial charge is 0.200 e. The maximum atomic E-state index is 12.0. The van der Waals surface area contributed by atoms with Crippen LogP contribution in [0.3, 0.4) is 0 Å². The van der Waals surface area contributed by atoms with Crippen molar-refractivity contribution in [3.05, 3.63) is 63.1 Å². The number of halogens is 3. The van der Waals surface area contributed by atoms with Crippen molar-refractivity contribution in [1.82, 2.24) is 4.83 Å². The Hall–Kier alpha value is -1.27. The van der Waals surface area contributed by atoms with Crippen molar-refractivity contribution < 1.29 is 8.42 Å². The molecule has 0 radical (unpaired) electrons. The van der Waals surface area contributed by atoms with Gasteiger partial charge in [0.1, 0.15) is 0 Å². The minimum absolute atomic E-state index is 0.0567. The first-order valence-electron chi connectivity index (χ1n) is 5.64. The van der Waals surface area contributed by atoms with E-state index in [1.807, 2.05) is 0 Å². The Labute approximate surface area is 137 Å². The Morgan fingerprint density at radius 1 is 1.00 bits per heavy atom. The van der Waals surface area contributed by atoms with Gasteiger partial charge in [0.25, 0.3) is 10.0 Å². The minimum Gasteiger partial charge on any atom is -0.200 e. The highest BCUT2D eigenvalue weighted by Crippen LogP contribution is 2.24. The molecule has 0 spiro atoms. The predicted molar refractivity (Wildman–Crippen MR) is 85.8 cm³/mol. The normalized spacial score (nSPS) is 11.8. The number of hydrogen-bond acceptors (Lipinski definition) is 3. The average molecular weight is 364 g/mol. The van der Waals surface area contributed by atoms with Crippen LogP contribution in [0.4, 0.5) is 0 Å². The summed E-state index contributed by atoms with van der Waals surface area (Å²) in [6, 6.07) is 10.7. The predicted octanol–water partition coefficient (Wildman–Crippen LogP) is 3.96.